The van der Waals surface area contributed by atoms with Crippen LogP contribution in [0.25, 0.3) is 0 Å². The number of carbonyl (C=O) groups is 2. The molecule has 0 aliphatic heterocycles. The second-order valence-corrected chi connectivity index (χ2v) is 2.99. The van der Waals surface area contributed by atoms with Crippen LogP contribution in [0, 0.1) is 11.3 Å². The predicted octanol–water partition coefficient (Wildman–Crippen LogP) is 1.57. The summed E-state index contributed by atoms with van der Waals surface area (Å²) < 4.78 is 9.62. The van der Waals surface area contributed by atoms with E-state index in [1.54, 1.807) is 0 Å². The van der Waals surface area contributed by atoms with Gasteiger partial charge in [-0.1, -0.05) is 6.58 Å². The van der Waals surface area contributed by atoms with Gasteiger partial charge in [-0.15, -0.1) is 0 Å². The highest BCUT2D eigenvalue weighted by Crippen LogP contribution is 2.23. The fourth-order valence-electron chi connectivity index (χ4n) is 1.06. The van der Waals surface area contributed by atoms with Crippen molar-refractivity contribution < 1.29 is 19.1 Å². The minimum absolute atomic E-state index is 0.0910. The first kappa shape index (κ1) is 12.5. The maximum Gasteiger partial charge on any atom is 0.335 e. The Morgan fingerprint density at radius 3 is 2.65 bits per heavy atom. The summed E-state index contributed by atoms with van der Waals surface area (Å²) in [7, 11) is 0. The molecule has 0 aromatic heterocycles. The maximum atomic E-state index is 11.0. The van der Waals surface area contributed by atoms with Gasteiger partial charge in [0.15, 0.2) is 0 Å². The van der Waals surface area contributed by atoms with Crippen molar-refractivity contribution in [3.63, 3.8) is 0 Å². The smallest absolute Gasteiger partial charge is 0.335 e. The zero-order valence-electron chi connectivity index (χ0n) is 9.10. The van der Waals surface area contributed by atoms with E-state index in [2.05, 4.69) is 6.58 Å². The van der Waals surface area contributed by atoms with Crippen LogP contribution in [0.1, 0.15) is 12.5 Å². The maximum absolute atomic E-state index is 11.0. The number of hydrogen-bond donors (Lipinski definition) is 0. The molecule has 0 bridgehead atoms. The highest BCUT2D eigenvalue weighted by atomic mass is 16.5. The summed E-state index contributed by atoms with van der Waals surface area (Å²) in [6, 6.07) is 5.95. The van der Waals surface area contributed by atoms with E-state index in [4.69, 9.17) is 14.7 Å². The van der Waals surface area contributed by atoms with Crippen molar-refractivity contribution in [2.75, 3.05) is 0 Å². The van der Waals surface area contributed by atoms with E-state index in [0.717, 1.165) is 6.08 Å². The lowest BCUT2D eigenvalue weighted by molar-refractivity contribution is -0.132. The van der Waals surface area contributed by atoms with Crippen LogP contribution in [0.5, 0.6) is 11.5 Å². The van der Waals surface area contributed by atoms with Gasteiger partial charge in [-0.2, -0.15) is 5.26 Å². The Kier molecular flexibility index (Phi) is 4.01. The van der Waals surface area contributed by atoms with Gasteiger partial charge in [0.25, 0.3) is 0 Å². The van der Waals surface area contributed by atoms with E-state index in [1.165, 1.54) is 25.1 Å². The number of esters is 2. The molecular weight excluding hydrogens is 222 g/mol. The van der Waals surface area contributed by atoms with Gasteiger partial charge in [0.1, 0.15) is 17.6 Å². The Morgan fingerprint density at radius 2 is 2.12 bits per heavy atom. The van der Waals surface area contributed by atoms with Gasteiger partial charge < -0.3 is 9.47 Å². The van der Waals surface area contributed by atoms with Crippen LogP contribution < -0.4 is 9.47 Å². The number of benzene rings is 1. The first-order chi connectivity index (χ1) is 8.06. The topological polar surface area (TPSA) is 76.4 Å². The summed E-state index contributed by atoms with van der Waals surface area (Å²) in [6.45, 7) is 4.49. The molecule has 17 heavy (non-hydrogen) atoms. The van der Waals surface area contributed by atoms with Crippen LogP contribution >= 0.6 is 0 Å². The van der Waals surface area contributed by atoms with Gasteiger partial charge in [-0.25, -0.2) is 4.79 Å². The lowest BCUT2D eigenvalue weighted by atomic mass is 10.2. The second-order valence-electron chi connectivity index (χ2n) is 2.99. The molecule has 86 valence electrons. The highest BCUT2D eigenvalue weighted by Gasteiger charge is 2.09. The van der Waals surface area contributed by atoms with E-state index in [0.29, 0.717) is 0 Å². The van der Waals surface area contributed by atoms with Crippen molar-refractivity contribution in [2.24, 2.45) is 0 Å². The molecule has 0 atom stereocenters. The third-order valence-electron chi connectivity index (χ3n) is 1.71. The zero-order chi connectivity index (χ0) is 12.8. The Bertz CT molecular complexity index is 514. The molecule has 1 rings (SSSR count). The fraction of sp³-hybridized carbons (Fsp3) is 0.0833. The van der Waals surface area contributed by atoms with Crippen LogP contribution in [0.2, 0.25) is 0 Å². The monoisotopic (exact) mass is 231 g/mol. The third-order valence-corrected chi connectivity index (χ3v) is 1.71. The van der Waals surface area contributed by atoms with Crippen molar-refractivity contribution in [1.29, 1.82) is 5.26 Å². The lowest BCUT2D eigenvalue weighted by Crippen LogP contribution is -2.05. The number of rotatable bonds is 3. The molecule has 1 aromatic rings. The molecule has 0 N–H and O–H groups in total. The first-order valence-corrected chi connectivity index (χ1v) is 4.63. The third kappa shape index (κ3) is 3.47. The van der Waals surface area contributed by atoms with E-state index in [9.17, 15) is 9.59 Å². The van der Waals surface area contributed by atoms with Gasteiger partial charge in [0.05, 0.1) is 5.56 Å². The van der Waals surface area contributed by atoms with Gasteiger partial charge in [0.2, 0.25) is 0 Å². The Hall–Kier alpha value is -2.61. The summed E-state index contributed by atoms with van der Waals surface area (Å²) in [5.74, 6) is -0.854. The largest absolute Gasteiger partial charge is 0.427 e. The Morgan fingerprint density at radius 1 is 1.41 bits per heavy atom. The molecule has 0 heterocycles. The number of nitriles is 1. The van der Waals surface area contributed by atoms with Crippen LogP contribution in [-0.4, -0.2) is 11.9 Å². The van der Waals surface area contributed by atoms with Crippen LogP contribution in [0.3, 0.4) is 0 Å². The van der Waals surface area contributed by atoms with Crippen molar-refractivity contribution in [3.05, 3.63) is 36.4 Å². The molecule has 0 aliphatic rings. The second kappa shape index (κ2) is 5.47. The van der Waals surface area contributed by atoms with Crippen molar-refractivity contribution >= 4 is 11.9 Å². The number of nitrogens with zero attached hydrogens (tertiary/aromatic N) is 1. The van der Waals surface area contributed by atoms with Gasteiger partial charge >= 0.3 is 11.9 Å². The molecule has 0 unspecified atom stereocenters. The Balaban J connectivity index is 3.02. The molecule has 0 spiro atoms. The molecule has 5 nitrogen and oxygen atoms in total. The van der Waals surface area contributed by atoms with Crippen molar-refractivity contribution in [3.8, 4) is 17.6 Å². The Labute approximate surface area is 97.9 Å². The molecule has 0 amide bonds. The van der Waals surface area contributed by atoms with Crippen LogP contribution in [-0.2, 0) is 9.59 Å². The minimum Gasteiger partial charge on any atom is -0.427 e. The van der Waals surface area contributed by atoms with Crippen LogP contribution in [0.4, 0.5) is 0 Å². The van der Waals surface area contributed by atoms with E-state index in [-0.39, 0.29) is 17.1 Å². The zero-order valence-corrected chi connectivity index (χ0v) is 9.10. The van der Waals surface area contributed by atoms with Crippen LogP contribution in [0.15, 0.2) is 30.9 Å². The summed E-state index contributed by atoms with van der Waals surface area (Å²) in [6.07, 6.45) is 0.987. The normalized spacial score (nSPS) is 8.94. The summed E-state index contributed by atoms with van der Waals surface area (Å²) in [5.41, 5.74) is 0.0963. The molecule has 5 heteroatoms. The standard InChI is InChI=1S/C12H9NO4/c1-3-12(15)17-11-5-4-10(16-8(2)14)6-9(11)7-13/h3-6H,1H2,2H3. The quantitative estimate of drug-likeness (QED) is 0.448. The molecule has 0 aliphatic carbocycles. The fourth-order valence-corrected chi connectivity index (χ4v) is 1.06. The predicted molar refractivity (Wildman–Crippen MR) is 58.3 cm³/mol. The SMILES string of the molecule is C=CC(=O)Oc1ccc(OC(C)=O)cc1C#N. The lowest BCUT2D eigenvalue weighted by Gasteiger charge is -2.06. The first-order valence-electron chi connectivity index (χ1n) is 4.63. The van der Waals surface area contributed by atoms with Crippen molar-refractivity contribution in [1.82, 2.24) is 0 Å². The highest BCUT2D eigenvalue weighted by molar-refractivity contribution is 5.83. The molecule has 1 aromatic carbocycles. The van der Waals surface area contributed by atoms with E-state index >= 15 is 0 Å². The van der Waals surface area contributed by atoms with E-state index in [1.807, 2.05) is 6.07 Å². The molecule has 0 radical (unpaired) electrons. The molecular formula is C12H9NO4. The summed E-state index contributed by atoms with van der Waals surface area (Å²) in [5, 5.41) is 8.85. The van der Waals surface area contributed by atoms with Gasteiger partial charge in [0, 0.05) is 19.1 Å². The summed E-state index contributed by atoms with van der Waals surface area (Å²) in [4.78, 5) is 21.7. The van der Waals surface area contributed by atoms with E-state index < -0.39 is 11.9 Å². The average Bonchev–Trinajstić information content (AvgIpc) is 2.30. The minimum atomic E-state index is -0.665. The molecule has 0 fully saturated rings. The number of hydrogen-bond acceptors (Lipinski definition) is 5. The number of ether oxygens (including phenoxy) is 2. The number of carbonyl (C=O) groups excluding carboxylic acids is 2. The van der Waals surface area contributed by atoms with Gasteiger partial charge in [-0.3, -0.25) is 4.79 Å². The van der Waals surface area contributed by atoms with Gasteiger partial charge in [-0.05, 0) is 12.1 Å². The molecule has 0 saturated heterocycles. The average molecular weight is 231 g/mol. The molecule has 0 saturated carbocycles. The summed E-state index contributed by atoms with van der Waals surface area (Å²) >= 11 is 0. The van der Waals surface area contributed by atoms with Crippen molar-refractivity contribution in [2.45, 2.75) is 6.92 Å².